The smallest absolute Gasteiger partial charge is 0.350 e. The first-order valence-corrected chi connectivity index (χ1v) is 5.58. The molecule has 5 nitrogen and oxygen atoms in total. The van der Waals surface area contributed by atoms with E-state index in [-0.39, 0.29) is 5.97 Å². The standard InChI is InChI=1S/C9H15N3O2S/c1-4-12-6(3)7(8(13)14-5-2)15-9(12)11-10/h4-5,10H2,1-3H3/b11-9+. The minimum atomic E-state index is -0.308. The lowest BCUT2D eigenvalue weighted by molar-refractivity contribution is 0.0530. The van der Waals surface area contributed by atoms with E-state index in [0.717, 1.165) is 12.2 Å². The number of hydrogen-bond acceptors (Lipinski definition) is 5. The summed E-state index contributed by atoms with van der Waals surface area (Å²) in [4.78, 5) is 12.8. The second kappa shape index (κ2) is 4.97. The predicted molar refractivity (Wildman–Crippen MR) is 58.4 cm³/mol. The summed E-state index contributed by atoms with van der Waals surface area (Å²) in [5.74, 6) is 4.94. The van der Waals surface area contributed by atoms with Crippen LogP contribution >= 0.6 is 11.3 Å². The van der Waals surface area contributed by atoms with E-state index in [1.807, 2.05) is 18.4 Å². The molecular weight excluding hydrogens is 214 g/mol. The van der Waals surface area contributed by atoms with Crippen LogP contribution < -0.4 is 10.6 Å². The Morgan fingerprint density at radius 3 is 2.67 bits per heavy atom. The highest BCUT2D eigenvalue weighted by Crippen LogP contribution is 2.13. The fraction of sp³-hybridized carbons (Fsp3) is 0.556. The summed E-state index contributed by atoms with van der Waals surface area (Å²) < 4.78 is 6.83. The van der Waals surface area contributed by atoms with Crippen molar-refractivity contribution >= 4 is 17.3 Å². The third-order valence-corrected chi connectivity index (χ3v) is 3.22. The van der Waals surface area contributed by atoms with Gasteiger partial charge in [-0.15, -0.1) is 0 Å². The number of ether oxygens (including phenoxy) is 1. The van der Waals surface area contributed by atoms with Crippen LogP contribution in [0.15, 0.2) is 5.10 Å². The van der Waals surface area contributed by atoms with Crippen LogP contribution in [0.3, 0.4) is 0 Å². The number of aromatic nitrogens is 1. The number of esters is 1. The van der Waals surface area contributed by atoms with Crippen molar-refractivity contribution < 1.29 is 9.53 Å². The van der Waals surface area contributed by atoms with Gasteiger partial charge >= 0.3 is 5.97 Å². The molecule has 0 radical (unpaired) electrons. The first-order valence-electron chi connectivity index (χ1n) is 4.76. The van der Waals surface area contributed by atoms with Crippen molar-refractivity contribution in [3.63, 3.8) is 0 Å². The molecule has 1 aromatic heterocycles. The molecule has 0 aliphatic carbocycles. The SMILES string of the molecule is CCOC(=O)c1s/c(=N/N)n(CC)c1C. The fourth-order valence-electron chi connectivity index (χ4n) is 1.34. The molecule has 0 amide bonds. The molecule has 84 valence electrons. The number of nitrogens with zero attached hydrogens (tertiary/aromatic N) is 2. The molecule has 0 saturated heterocycles. The van der Waals surface area contributed by atoms with E-state index in [0.29, 0.717) is 16.3 Å². The molecule has 0 aliphatic heterocycles. The van der Waals surface area contributed by atoms with Gasteiger partial charge in [-0.25, -0.2) is 4.79 Å². The number of carbonyl (C=O) groups excluding carboxylic acids is 1. The molecule has 1 heterocycles. The summed E-state index contributed by atoms with van der Waals surface area (Å²) in [6.45, 7) is 6.72. The summed E-state index contributed by atoms with van der Waals surface area (Å²) in [7, 11) is 0. The van der Waals surface area contributed by atoms with Crippen molar-refractivity contribution in [2.75, 3.05) is 6.61 Å². The zero-order chi connectivity index (χ0) is 11.4. The van der Waals surface area contributed by atoms with Gasteiger partial charge in [0.25, 0.3) is 0 Å². The molecule has 0 bridgehead atoms. The quantitative estimate of drug-likeness (QED) is 0.474. The Morgan fingerprint density at radius 2 is 2.27 bits per heavy atom. The van der Waals surface area contributed by atoms with Crippen LogP contribution in [0.1, 0.15) is 29.2 Å². The average Bonchev–Trinajstić information content (AvgIpc) is 2.55. The molecule has 6 heteroatoms. The maximum Gasteiger partial charge on any atom is 0.350 e. The van der Waals surface area contributed by atoms with Crippen LogP contribution in [0.2, 0.25) is 0 Å². The van der Waals surface area contributed by atoms with E-state index < -0.39 is 0 Å². The summed E-state index contributed by atoms with van der Waals surface area (Å²) in [5.41, 5.74) is 0.852. The van der Waals surface area contributed by atoms with Crippen LogP contribution in [0, 0.1) is 6.92 Å². The molecule has 0 atom stereocenters. The van der Waals surface area contributed by atoms with Crippen LogP contribution in [-0.4, -0.2) is 17.1 Å². The number of carbonyl (C=O) groups is 1. The predicted octanol–water partition coefficient (Wildman–Crippen LogP) is 0.829. The number of hydrogen-bond donors (Lipinski definition) is 1. The Morgan fingerprint density at radius 1 is 1.60 bits per heavy atom. The highest BCUT2D eigenvalue weighted by atomic mass is 32.1. The Bertz CT molecular complexity index is 419. The Hall–Kier alpha value is -1.30. The van der Waals surface area contributed by atoms with Gasteiger partial charge in [-0.2, -0.15) is 5.10 Å². The number of nitrogens with two attached hydrogens (primary N) is 1. The highest BCUT2D eigenvalue weighted by molar-refractivity contribution is 7.11. The van der Waals surface area contributed by atoms with Gasteiger partial charge in [-0.3, -0.25) is 0 Å². The minimum absolute atomic E-state index is 0.308. The number of thiazole rings is 1. The minimum Gasteiger partial charge on any atom is -0.462 e. The van der Waals surface area contributed by atoms with Crippen LogP contribution in [0.4, 0.5) is 0 Å². The van der Waals surface area contributed by atoms with Crippen LogP contribution in [0.25, 0.3) is 0 Å². The first-order chi connectivity index (χ1) is 7.15. The van der Waals surface area contributed by atoms with Crippen molar-refractivity contribution in [2.24, 2.45) is 10.9 Å². The first kappa shape index (κ1) is 11.8. The summed E-state index contributed by atoms with van der Waals surface area (Å²) in [5, 5.41) is 3.64. The molecule has 1 rings (SSSR count). The molecule has 0 saturated carbocycles. The van der Waals surface area contributed by atoms with E-state index in [1.54, 1.807) is 6.92 Å². The van der Waals surface area contributed by atoms with Crippen LogP contribution in [-0.2, 0) is 11.3 Å². The van der Waals surface area contributed by atoms with E-state index in [2.05, 4.69) is 5.10 Å². The second-order valence-corrected chi connectivity index (χ2v) is 3.87. The van der Waals surface area contributed by atoms with Gasteiger partial charge in [0.05, 0.1) is 6.61 Å². The lowest BCUT2D eigenvalue weighted by Crippen LogP contribution is -2.16. The van der Waals surface area contributed by atoms with Crippen molar-refractivity contribution in [3.05, 3.63) is 15.4 Å². The molecular formula is C9H15N3O2S. The third kappa shape index (κ3) is 2.20. The molecule has 0 spiro atoms. The van der Waals surface area contributed by atoms with Gasteiger partial charge in [-0.1, -0.05) is 11.3 Å². The van der Waals surface area contributed by atoms with E-state index in [9.17, 15) is 4.79 Å². The van der Waals surface area contributed by atoms with Gasteiger partial charge in [0.15, 0.2) is 0 Å². The highest BCUT2D eigenvalue weighted by Gasteiger charge is 2.16. The van der Waals surface area contributed by atoms with Gasteiger partial charge < -0.3 is 15.1 Å². The molecule has 2 N–H and O–H groups in total. The maximum atomic E-state index is 11.6. The third-order valence-electron chi connectivity index (χ3n) is 2.05. The molecule has 1 aromatic rings. The monoisotopic (exact) mass is 229 g/mol. The molecule has 0 unspecified atom stereocenters. The van der Waals surface area contributed by atoms with E-state index >= 15 is 0 Å². The van der Waals surface area contributed by atoms with Crippen molar-refractivity contribution in [3.8, 4) is 0 Å². The Balaban J connectivity index is 3.22. The summed E-state index contributed by atoms with van der Waals surface area (Å²) in [6, 6.07) is 0. The van der Waals surface area contributed by atoms with Gasteiger partial charge in [0.2, 0.25) is 4.80 Å². The normalized spacial score (nSPS) is 11.8. The topological polar surface area (TPSA) is 69.6 Å². The lowest BCUT2D eigenvalue weighted by atomic mass is 10.4. The largest absolute Gasteiger partial charge is 0.462 e. The lowest BCUT2D eigenvalue weighted by Gasteiger charge is -2.02. The van der Waals surface area contributed by atoms with Gasteiger partial charge in [-0.05, 0) is 20.8 Å². The summed E-state index contributed by atoms with van der Waals surface area (Å²) >= 11 is 1.26. The molecule has 0 aliphatic rings. The fourth-order valence-corrected chi connectivity index (χ4v) is 2.35. The van der Waals surface area contributed by atoms with Gasteiger partial charge in [0, 0.05) is 12.2 Å². The Kier molecular flexibility index (Phi) is 3.90. The Labute approximate surface area is 92.2 Å². The van der Waals surface area contributed by atoms with Crippen LogP contribution in [0.5, 0.6) is 0 Å². The number of rotatable bonds is 3. The van der Waals surface area contributed by atoms with Crippen molar-refractivity contribution in [2.45, 2.75) is 27.3 Å². The van der Waals surface area contributed by atoms with E-state index in [4.69, 9.17) is 10.6 Å². The van der Waals surface area contributed by atoms with Gasteiger partial charge in [0.1, 0.15) is 4.88 Å². The van der Waals surface area contributed by atoms with Crippen molar-refractivity contribution in [1.82, 2.24) is 4.57 Å². The maximum absolute atomic E-state index is 11.6. The average molecular weight is 229 g/mol. The zero-order valence-corrected chi connectivity index (χ0v) is 9.93. The molecule has 0 aromatic carbocycles. The molecule has 15 heavy (non-hydrogen) atoms. The molecule has 0 fully saturated rings. The van der Waals surface area contributed by atoms with E-state index in [1.165, 1.54) is 11.3 Å². The zero-order valence-electron chi connectivity index (χ0n) is 9.11. The second-order valence-electron chi connectivity index (χ2n) is 2.89. The van der Waals surface area contributed by atoms with Crippen molar-refractivity contribution in [1.29, 1.82) is 0 Å². The summed E-state index contributed by atoms with van der Waals surface area (Å²) in [6.07, 6.45) is 0.